The highest BCUT2D eigenvalue weighted by Crippen LogP contribution is 2.36. The minimum atomic E-state index is -4.41. The van der Waals surface area contributed by atoms with Gasteiger partial charge in [-0.3, -0.25) is 5.84 Å². The number of hydrogen-bond acceptors (Lipinski definition) is 5. The van der Waals surface area contributed by atoms with E-state index in [1.165, 1.54) is 17.5 Å². The zero-order valence-corrected chi connectivity index (χ0v) is 9.99. The van der Waals surface area contributed by atoms with Crippen LogP contribution in [-0.2, 0) is 6.18 Å². The van der Waals surface area contributed by atoms with Gasteiger partial charge in [-0.25, -0.2) is 10.4 Å². The first-order valence-corrected chi connectivity index (χ1v) is 6.24. The molecule has 2 aromatic rings. The Morgan fingerprint density at radius 3 is 2.59 bits per heavy atom. The van der Waals surface area contributed by atoms with Crippen molar-refractivity contribution in [3.63, 3.8) is 0 Å². The molecule has 0 saturated heterocycles. The summed E-state index contributed by atoms with van der Waals surface area (Å²) in [7, 11) is 0. The van der Waals surface area contributed by atoms with E-state index in [4.69, 9.17) is 5.84 Å². The molecule has 3 nitrogen and oxygen atoms in total. The Hall–Kier alpha value is -0.960. The van der Waals surface area contributed by atoms with Crippen molar-refractivity contribution in [2.75, 3.05) is 0 Å². The third-order valence-corrected chi connectivity index (χ3v) is 4.09. The second kappa shape index (κ2) is 4.73. The fraction of sp³-hybridized carbons (Fsp3) is 0.222. The maximum absolute atomic E-state index is 12.4. The zero-order chi connectivity index (χ0) is 12.5. The summed E-state index contributed by atoms with van der Waals surface area (Å²) < 4.78 is 37.2. The number of nitrogens with one attached hydrogen (secondary N) is 1. The van der Waals surface area contributed by atoms with E-state index in [1.54, 1.807) is 0 Å². The fourth-order valence-corrected chi connectivity index (χ4v) is 3.05. The van der Waals surface area contributed by atoms with E-state index in [1.807, 2.05) is 17.5 Å². The molecule has 1 unspecified atom stereocenters. The van der Waals surface area contributed by atoms with Crippen LogP contribution in [0.2, 0.25) is 0 Å². The van der Waals surface area contributed by atoms with E-state index in [0.29, 0.717) is 16.2 Å². The molecule has 3 N–H and O–H groups in total. The number of thiophene rings is 1. The molecule has 8 heteroatoms. The summed E-state index contributed by atoms with van der Waals surface area (Å²) in [5, 5.41) is 0.982. The van der Waals surface area contributed by atoms with Gasteiger partial charge in [-0.15, -0.1) is 22.7 Å². The molecule has 2 rings (SSSR count). The molecule has 0 bridgehead atoms. The molecule has 0 aliphatic heterocycles. The van der Waals surface area contributed by atoms with Gasteiger partial charge in [0.2, 0.25) is 0 Å². The normalized spacial score (nSPS) is 13.9. The quantitative estimate of drug-likeness (QED) is 0.671. The van der Waals surface area contributed by atoms with Crippen LogP contribution in [0, 0.1) is 0 Å². The highest BCUT2D eigenvalue weighted by Gasteiger charge is 2.35. The first-order chi connectivity index (χ1) is 8.02. The van der Waals surface area contributed by atoms with Gasteiger partial charge in [0.25, 0.3) is 0 Å². The van der Waals surface area contributed by atoms with E-state index >= 15 is 0 Å². The van der Waals surface area contributed by atoms with Gasteiger partial charge >= 0.3 is 6.18 Å². The number of rotatable bonds is 3. The number of nitrogens with two attached hydrogens (primary N) is 1. The maximum atomic E-state index is 12.4. The summed E-state index contributed by atoms with van der Waals surface area (Å²) >= 11 is 2.02. The van der Waals surface area contributed by atoms with E-state index in [2.05, 4.69) is 10.4 Å². The molecule has 0 spiro atoms. The molecule has 2 aromatic heterocycles. The SMILES string of the molecule is NNC(c1cccs1)c1cnc(C(F)(F)F)s1. The van der Waals surface area contributed by atoms with Gasteiger partial charge < -0.3 is 0 Å². The Morgan fingerprint density at radius 1 is 1.35 bits per heavy atom. The monoisotopic (exact) mass is 279 g/mol. The molecule has 0 aliphatic carbocycles. The summed E-state index contributed by atoms with van der Waals surface area (Å²) in [6.07, 6.45) is -3.20. The van der Waals surface area contributed by atoms with Gasteiger partial charge in [0.15, 0.2) is 5.01 Å². The summed E-state index contributed by atoms with van der Waals surface area (Å²) in [5.74, 6) is 5.37. The number of alkyl halides is 3. The van der Waals surface area contributed by atoms with Crippen molar-refractivity contribution < 1.29 is 13.2 Å². The predicted molar refractivity (Wildman–Crippen MR) is 60.6 cm³/mol. The highest BCUT2D eigenvalue weighted by atomic mass is 32.1. The summed E-state index contributed by atoms with van der Waals surface area (Å²) in [5.41, 5.74) is 2.50. The van der Waals surface area contributed by atoms with Crippen molar-refractivity contribution in [2.45, 2.75) is 12.2 Å². The Bertz CT molecular complexity index is 478. The maximum Gasteiger partial charge on any atom is 0.443 e. The Labute approximate surface area is 103 Å². The molecule has 0 aromatic carbocycles. The lowest BCUT2D eigenvalue weighted by atomic mass is 10.2. The largest absolute Gasteiger partial charge is 0.443 e. The number of aromatic nitrogens is 1. The lowest BCUT2D eigenvalue weighted by Gasteiger charge is -2.11. The van der Waals surface area contributed by atoms with Gasteiger partial charge in [-0.2, -0.15) is 13.2 Å². The molecule has 0 saturated carbocycles. The van der Waals surface area contributed by atoms with Crippen molar-refractivity contribution in [1.29, 1.82) is 0 Å². The number of nitrogens with zero attached hydrogens (tertiary/aromatic N) is 1. The number of thiazole rings is 1. The summed E-state index contributed by atoms with van der Waals surface area (Å²) in [6, 6.07) is 3.18. The zero-order valence-electron chi connectivity index (χ0n) is 8.36. The first-order valence-electron chi connectivity index (χ1n) is 4.55. The highest BCUT2D eigenvalue weighted by molar-refractivity contribution is 7.12. The number of hydrogen-bond donors (Lipinski definition) is 2. The van der Waals surface area contributed by atoms with Crippen molar-refractivity contribution in [3.8, 4) is 0 Å². The van der Waals surface area contributed by atoms with Gasteiger partial charge in [0, 0.05) is 16.0 Å². The molecule has 2 heterocycles. The van der Waals surface area contributed by atoms with E-state index in [-0.39, 0.29) is 0 Å². The van der Waals surface area contributed by atoms with Gasteiger partial charge in [-0.1, -0.05) is 6.07 Å². The minimum Gasteiger partial charge on any atom is -0.271 e. The second-order valence-electron chi connectivity index (χ2n) is 3.18. The van der Waals surface area contributed by atoms with E-state index in [9.17, 15) is 13.2 Å². The van der Waals surface area contributed by atoms with Gasteiger partial charge in [-0.05, 0) is 11.4 Å². The smallest absolute Gasteiger partial charge is 0.271 e. The average molecular weight is 279 g/mol. The van der Waals surface area contributed by atoms with Crippen LogP contribution >= 0.6 is 22.7 Å². The predicted octanol–water partition coefficient (Wildman–Crippen LogP) is 2.78. The molecular formula is C9H8F3N3S2. The van der Waals surface area contributed by atoms with Crippen LogP contribution in [0.25, 0.3) is 0 Å². The number of halogens is 3. The van der Waals surface area contributed by atoms with Crippen molar-refractivity contribution in [3.05, 3.63) is 38.5 Å². The summed E-state index contributed by atoms with van der Waals surface area (Å²) in [6.45, 7) is 0. The van der Waals surface area contributed by atoms with E-state index < -0.39 is 17.2 Å². The molecule has 0 fully saturated rings. The van der Waals surface area contributed by atoms with Crippen LogP contribution < -0.4 is 11.3 Å². The number of hydrazine groups is 1. The molecule has 17 heavy (non-hydrogen) atoms. The van der Waals surface area contributed by atoms with Crippen LogP contribution in [0.3, 0.4) is 0 Å². The second-order valence-corrected chi connectivity index (χ2v) is 5.22. The fourth-order valence-electron chi connectivity index (χ4n) is 1.31. The topological polar surface area (TPSA) is 50.9 Å². The lowest BCUT2D eigenvalue weighted by molar-refractivity contribution is -0.137. The molecule has 92 valence electrons. The van der Waals surface area contributed by atoms with Crippen LogP contribution in [0.4, 0.5) is 13.2 Å². The Morgan fingerprint density at radius 2 is 2.12 bits per heavy atom. The van der Waals surface area contributed by atoms with Gasteiger partial charge in [0.05, 0.1) is 6.04 Å². The summed E-state index contributed by atoms with van der Waals surface area (Å²) in [4.78, 5) is 4.67. The van der Waals surface area contributed by atoms with Crippen LogP contribution in [0.15, 0.2) is 23.7 Å². The van der Waals surface area contributed by atoms with Crippen molar-refractivity contribution >= 4 is 22.7 Å². The van der Waals surface area contributed by atoms with Crippen molar-refractivity contribution in [1.82, 2.24) is 10.4 Å². The first kappa shape index (κ1) is 12.5. The van der Waals surface area contributed by atoms with Crippen LogP contribution in [-0.4, -0.2) is 4.98 Å². The van der Waals surface area contributed by atoms with Crippen LogP contribution in [0.5, 0.6) is 0 Å². The molecule has 1 atom stereocenters. The standard InChI is InChI=1S/C9H8F3N3S2/c10-9(11,12)8-14-4-6(17-8)7(15-13)5-2-1-3-16-5/h1-4,7,15H,13H2. The third kappa shape index (κ3) is 2.65. The Kier molecular flexibility index (Phi) is 3.48. The minimum absolute atomic E-state index is 0.441. The molecule has 0 amide bonds. The Balaban J connectivity index is 2.30. The molecule has 0 aliphatic rings. The molecule has 0 radical (unpaired) electrons. The third-order valence-electron chi connectivity index (χ3n) is 2.04. The van der Waals surface area contributed by atoms with Crippen LogP contribution in [0.1, 0.15) is 20.8 Å². The molecular weight excluding hydrogens is 271 g/mol. The average Bonchev–Trinajstić information content (AvgIpc) is 2.87. The van der Waals surface area contributed by atoms with Crippen molar-refractivity contribution in [2.24, 2.45) is 5.84 Å². The van der Waals surface area contributed by atoms with E-state index in [0.717, 1.165) is 4.88 Å². The lowest BCUT2D eigenvalue weighted by Crippen LogP contribution is -2.27. The van der Waals surface area contributed by atoms with Gasteiger partial charge in [0.1, 0.15) is 0 Å².